The summed E-state index contributed by atoms with van der Waals surface area (Å²) in [4.78, 5) is 6.54. The van der Waals surface area contributed by atoms with E-state index in [-0.39, 0.29) is 12.4 Å². The molecule has 29 heavy (non-hydrogen) atoms. The van der Waals surface area contributed by atoms with Gasteiger partial charge in [0.1, 0.15) is 11.5 Å². The molecule has 0 saturated carbocycles. The summed E-state index contributed by atoms with van der Waals surface area (Å²) in [7, 11) is 3.30. The number of nitrogens with zero attached hydrogens (tertiary/aromatic N) is 2. The Morgan fingerprint density at radius 2 is 1.28 bits per heavy atom. The predicted octanol–water partition coefficient (Wildman–Crippen LogP) is 4.82. The van der Waals surface area contributed by atoms with Crippen molar-refractivity contribution in [2.45, 2.75) is 6.42 Å². The maximum Gasteiger partial charge on any atom is 0.200 e. The topological polar surface area (TPSA) is 60.1 Å². The van der Waals surface area contributed by atoms with Crippen LogP contribution in [0.1, 0.15) is 5.56 Å². The third-order valence-electron chi connectivity index (χ3n) is 4.41. The van der Waals surface area contributed by atoms with Crippen molar-refractivity contribution < 1.29 is 9.47 Å². The normalized spacial score (nSPS) is 10.8. The molecule has 0 radical (unpaired) electrons. The minimum absolute atomic E-state index is 0. The molecule has 0 aliphatic rings. The number of ether oxygens (including phenoxy) is 2. The zero-order chi connectivity index (χ0) is 19.8. The Kier molecular flexibility index (Phi) is 8.37. The van der Waals surface area contributed by atoms with Crippen LogP contribution in [0.5, 0.6) is 11.5 Å². The fourth-order valence-electron chi connectivity index (χ4n) is 2.89. The van der Waals surface area contributed by atoms with E-state index in [0.717, 1.165) is 29.3 Å². The highest BCUT2D eigenvalue weighted by Gasteiger charge is 2.14. The molecular formula is C23H26ClN3O2. The van der Waals surface area contributed by atoms with Crippen molar-refractivity contribution in [3.8, 4) is 11.5 Å². The number of nitrogens with two attached hydrogens (primary N) is 1. The molecule has 3 aromatic rings. The first kappa shape index (κ1) is 22.1. The van der Waals surface area contributed by atoms with Gasteiger partial charge in [0.05, 0.1) is 14.2 Å². The van der Waals surface area contributed by atoms with Crippen molar-refractivity contribution in [3.63, 3.8) is 0 Å². The molecule has 0 aliphatic heterocycles. The quantitative estimate of drug-likeness (QED) is 0.447. The molecule has 0 heterocycles. The summed E-state index contributed by atoms with van der Waals surface area (Å²) in [6, 6.07) is 25.7. The maximum absolute atomic E-state index is 6.40. The molecule has 2 N–H and O–H groups in total. The molecule has 0 amide bonds. The van der Waals surface area contributed by atoms with Crippen molar-refractivity contribution >= 4 is 29.7 Å². The summed E-state index contributed by atoms with van der Waals surface area (Å²) < 4.78 is 10.5. The Morgan fingerprint density at radius 3 is 1.72 bits per heavy atom. The number of benzene rings is 3. The van der Waals surface area contributed by atoms with Gasteiger partial charge in [-0.25, -0.2) is 0 Å². The van der Waals surface area contributed by atoms with Gasteiger partial charge in [-0.05, 0) is 60.5 Å². The standard InChI is InChI=1S/C23H25N3O2.ClH/c1-27-21-12-8-19(9-13-21)26(20-10-14-22(28-2)15-11-20)23(24)25-17-16-18-6-4-3-5-7-18;/h3-15H,16-17H2,1-2H3,(H2,24,25);1H. The number of halogens is 1. The molecule has 0 atom stereocenters. The van der Waals surface area contributed by atoms with E-state index in [4.69, 9.17) is 15.2 Å². The van der Waals surface area contributed by atoms with E-state index in [1.54, 1.807) is 14.2 Å². The molecule has 152 valence electrons. The smallest absolute Gasteiger partial charge is 0.200 e. The van der Waals surface area contributed by atoms with E-state index in [0.29, 0.717) is 12.5 Å². The van der Waals surface area contributed by atoms with Gasteiger partial charge in [-0.1, -0.05) is 30.3 Å². The largest absolute Gasteiger partial charge is 0.497 e. The zero-order valence-electron chi connectivity index (χ0n) is 16.6. The van der Waals surface area contributed by atoms with Crippen LogP contribution >= 0.6 is 12.4 Å². The molecule has 0 aromatic heterocycles. The van der Waals surface area contributed by atoms with Gasteiger partial charge in [0.2, 0.25) is 5.96 Å². The number of guanidine groups is 1. The molecule has 3 rings (SSSR count). The van der Waals surface area contributed by atoms with Crippen molar-refractivity contribution in [2.75, 3.05) is 25.7 Å². The van der Waals surface area contributed by atoms with Crippen LogP contribution in [0.3, 0.4) is 0 Å². The van der Waals surface area contributed by atoms with Crippen LogP contribution in [0, 0.1) is 0 Å². The summed E-state index contributed by atoms with van der Waals surface area (Å²) >= 11 is 0. The predicted molar refractivity (Wildman–Crippen MR) is 122 cm³/mol. The highest BCUT2D eigenvalue weighted by Crippen LogP contribution is 2.28. The summed E-state index contributed by atoms with van der Waals surface area (Å²) in [6.07, 6.45) is 0.834. The Balaban J connectivity index is 0.00000300. The van der Waals surface area contributed by atoms with E-state index in [9.17, 15) is 0 Å². The number of methoxy groups -OCH3 is 2. The average molecular weight is 412 g/mol. The molecule has 0 bridgehead atoms. The van der Waals surface area contributed by atoms with Gasteiger partial charge in [0.25, 0.3) is 0 Å². The summed E-state index contributed by atoms with van der Waals surface area (Å²) in [5.74, 6) is 2.02. The molecular weight excluding hydrogens is 386 g/mol. The number of rotatable bonds is 7. The molecule has 3 aromatic carbocycles. The van der Waals surface area contributed by atoms with Crippen molar-refractivity contribution in [1.82, 2.24) is 0 Å². The van der Waals surface area contributed by atoms with Gasteiger partial charge in [-0.3, -0.25) is 9.89 Å². The van der Waals surface area contributed by atoms with Crippen molar-refractivity contribution in [1.29, 1.82) is 0 Å². The minimum Gasteiger partial charge on any atom is -0.497 e. The van der Waals surface area contributed by atoms with Crippen LogP contribution < -0.4 is 20.1 Å². The molecule has 5 nitrogen and oxygen atoms in total. The molecule has 0 saturated heterocycles. The fraction of sp³-hybridized carbons (Fsp3) is 0.174. The number of hydrogen-bond donors (Lipinski definition) is 1. The van der Waals surface area contributed by atoms with Crippen molar-refractivity contribution in [2.24, 2.45) is 10.7 Å². The lowest BCUT2D eigenvalue weighted by Crippen LogP contribution is -2.33. The van der Waals surface area contributed by atoms with Gasteiger partial charge in [0, 0.05) is 17.9 Å². The van der Waals surface area contributed by atoms with Crippen LogP contribution in [0.25, 0.3) is 0 Å². The minimum atomic E-state index is 0. The lowest BCUT2D eigenvalue weighted by atomic mass is 10.2. The highest BCUT2D eigenvalue weighted by molar-refractivity contribution is 6.01. The monoisotopic (exact) mass is 411 g/mol. The van der Waals surface area contributed by atoms with E-state index < -0.39 is 0 Å². The number of hydrogen-bond acceptors (Lipinski definition) is 3. The second-order valence-electron chi connectivity index (χ2n) is 6.21. The molecule has 0 unspecified atom stereocenters. The highest BCUT2D eigenvalue weighted by atomic mass is 35.5. The van der Waals surface area contributed by atoms with Gasteiger partial charge < -0.3 is 15.2 Å². The Labute approximate surface area is 178 Å². The lowest BCUT2D eigenvalue weighted by Gasteiger charge is -2.24. The maximum atomic E-state index is 6.40. The second-order valence-corrected chi connectivity index (χ2v) is 6.21. The summed E-state index contributed by atoms with van der Waals surface area (Å²) in [5.41, 5.74) is 9.45. The van der Waals surface area contributed by atoms with E-state index in [1.807, 2.05) is 71.6 Å². The Hall–Kier alpha value is -3.18. The number of anilines is 2. The summed E-state index contributed by atoms with van der Waals surface area (Å²) in [5, 5.41) is 0. The molecule has 0 spiro atoms. The molecule has 6 heteroatoms. The van der Waals surface area contributed by atoms with Crippen LogP contribution in [-0.4, -0.2) is 26.7 Å². The van der Waals surface area contributed by atoms with Gasteiger partial charge in [-0.15, -0.1) is 12.4 Å². The van der Waals surface area contributed by atoms with E-state index in [1.165, 1.54) is 5.56 Å². The average Bonchev–Trinajstić information content (AvgIpc) is 2.76. The molecule has 0 aliphatic carbocycles. The fourth-order valence-corrected chi connectivity index (χ4v) is 2.89. The van der Waals surface area contributed by atoms with Gasteiger partial charge in [0.15, 0.2) is 0 Å². The number of aliphatic imine (C=N–C) groups is 1. The Morgan fingerprint density at radius 1 is 0.793 bits per heavy atom. The SMILES string of the molecule is COc1ccc(N(C(N)=NCCc2ccccc2)c2ccc(OC)cc2)cc1.Cl. The lowest BCUT2D eigenvalue weighted by molar-refractivity contribution is 0.415. The van der Waals surface area contributed by atoms with Crippen LogP contribution in [0.4, 0.5) is 11.4 Å². The first-order valence-electron chi connectivity index (χ1n) is 9.13. The van der Waals surface area contributed by atoms with Crippen molar-refractivity contribution in [3.05, 3.63) is 84.4 Å². The zero-order valence-corrected chi connectivity index (χ0v) is 17.4. The second kappa shape index (κ2) is 11.0. The van der Waals surface area contributed by atoms with Gasteiger partial charge in [-0.2, -0.15) is 0 Å². The third kappa shape index (κ3) is 5.90. The summed E-state index contributed by atoms with van der Waals surface area (Å²) in [6.45, 7) is 0.610. The van der Waals surface area contributed by atoms with E-state index >= 15 is 0 Å². The van der Waals surface area contributed by atoms with E-state index in [2.05, 4.69) is 17.1 Å². The molecule has 0 fully saturated rings. The van der Waals surface area contributed by atoms with Gasteiger partial charge >= 0.3 is 0 Å². The first-order valence-corrected chi connectivity index (χ1v) is 9.13. The first-order chi connectivity index (χ1) is 13.7. The van der Waals surface area contributed by atoms with Crippen LogP contribution in [0.2, 0.25) is 0 Å². The van der Waals surface area contributed by atoms with Crippen LogP contribution in [-0.2, 0) is 6.42 Å². The Bertz CT molecular complexity index is 850. The third-order valence-corrected chi connectivity index (χ3v) is 4.41. The van der Waals surface area contributed by atoms with Crippen LogP contribution in [0.15, 0.2) is 83.9 Å².